The molecule has 2 saturated heterocycles. The fourth-order valence-electron chi connectivity index (χ4n) is 7.51. The highest BCUT2D eigenvalue weighted by molar-refractivity contribution is 5.99. The van der Waals surface area contributed by atoms with Gasteiger partial charge in [-0.1, -0.05) is 68.8 Å². The smallest absolute Gasteiger partial charge is 0.313 e. The number of aliphatic hydroxyl groups excluding tert-OH is 1. The van der Waals surface area contributed by atoms with E-state index in [1.807, 2.05) is 69.3 Å². The summed E-state index contributed by atoms with van der Waals surface area (Å²) < 4.78 is 14.5. The minimum Gasteiger partial charge on any atom is -0.465 e. The molecular formula is C32H41N5O6. The average Bonchev–Trinajstić information content (AvgIpc) is 3.59. The molecule has 1 spiro atoms. The molecule has 1 aromatic heterocycles. The number of aromatic nitrogens is 3. The maximum absolute atomic E-state index is 14.8. The Hall–Kier alpha value is -3.57. The number of likely N-dealkylation sites (tertiary alicyclic amines) is 1. The van der Waals surface area contributed by atoms with E-state index in [0.717, 1.165) is 24.8 Å². The zero-order chi connectivity index (χ0) is 30.4. The van der Waals surface area contributed by atoms with Crippen molar-refractivity contribution >= 4 is 28.8 Å². The number of carbonyl (C=O) groups excluding carboxylic acids is 3. The molecule has 43 heavy (non-hydrogen) atoms. The van der Waals surface area contributed by atoms with Crippen molar-refractivity contribution in [1.82, 2.24) is 24.8 Å². The molecule has 2 fully saturated rings. The van der Waals surface area contributed by atoms with Crippen LogP contribution in [-0.4, -0.2) is 90.7 Å². The van der Waals surface area contributed by atoms with E-state index in [0.29, 0.717) is 18.4 Å². The van der Waals surface area contributed by atoms with Crippen molar-refractivity contribution in [2.24, 2.45) is 17.8 Å². The third-order valence-corrected chi connectivity index (χ3v) is 9.97. The highest BCUT2D eigenvalue weighted by Gasteiger charge is 2.76. The van der Waals surface area contributed by atoms with E-state index in [2.05, 4.69) is 10.3 Å². The second-order valence-corrected chi connectivity index (χ2v) is 12.3. The van der Waals surface area contributed by atoms with Crippen LogP contribution in [0.15, 0.2) is 48.6 Å². The summed E-state index contributed by atoms with van der Waals surface area (Å²) in [6.45, 7) is 6.20. The topological polar surface area (TPSA) is 127 Å². The van der Waals surface area contributed by atoms with Gasteiger partial charge in [0.05, 0.1) is 30.7 Å². The van der Waals surface area contributed by atoms with E-state index in [1.165, 1.54) is 4.90 Å². The van der Waals surface area contributed by atoms with E-state index in [9.17, 15) is 19.5 Å². The van der Waals surface area contributed by atoms with Crippen LogP contribution in [0.2, 0.25) is 0 Å². The number of benzene rings is 1. The van der Waals surface area contributed by atoms with E-state index >= 15 is 0 Å². The van der Waals surface area contributed by atoms with Crippen molar-refractivity contribution in [2.45, 2.75) is 82.8 Å². The third-order valence-electron chi connectivity index (χ3n) is 9.97. The number of amides is 2. The maximum Gasteiger partial charge on any atom is 0.313 e. The van der Waals surface area contributed by atoms with Gasteiger partial charge in [-0.05, 0) is 43.7 Å². The molecule has 0 aliphatic carbocycles. The van der Waals surface area contributed by atoms with Gasteiger partial charge in [-0.25, -0.2) is 4.68 Å². The first-order valence-electron chi connectivity index (χ1n) is 15.5. The molecule has 2 amide bonds. The lowest BCUT2D eigenvalue weighted by molar-refractivity contribution is -0.164. The van der Waals surface area contributed by atoms with Gasteiger partial charge in [-0.3, -0.25) is 14.4 Å². The Labute approximate surface area is 251 Å². The molecule has 0 radical (unpaired) electrons. The SMILES string of the molecule is CC[C@H](C)[C@H](CO)N1C(=O)[C@@H]2[C@@H]3C(=O)OCCCC/C=C\[C@]3(CC)O[C@@]23C=CCN(Cn2nnc4ccccc42)C(=O)C13. The summed E-state index contributed by atoms with van der Waals surface area (Å²) in [7, 11) is 0. The van der Waals surface area contributed by atoms with Crippen LogP contribution in [-0.2, 0) is 30.5 Å². The van der Waals surface area contributed by atoms with Gasteiger partial charge in [0.15, 0.2) is 0 Å². The molecule has 230 valence electrons. The number of hydrogen-bond acceptors (Lipinski definition) is 8. The number of allylic oxidation sites excluding steroid dienone is 1. The summed E-state index contributed by atoms with van der Waals surface area (Å²) in [6.07, 6.45) is 11.1. The van der Waals surface area contributed by atoms with Gasteiger partial charge in [-0.15, -0.1) is 5.10 Å². The van der Waals surface area contributed by atoms with Gasteiger partial charge >= 0.3 is 5.97 Å². The summed E-state index contributed by atoms with van der Waals surface area (Å²) in [5, 5.41) is 19.2. The Morgan fingerprint density at radius 3 is 2.65 bits per heavy atom. The van der Waals surface area contributed by atoms with E-state index in [4.69, 9.17) is 9.47 Å². The zero-order valence-electron chi connectivity index (χ0n) is 25.1. The molecule has 1 unspecified atom stereocenters. The molecule has 4 aliphatic heterocycles. The molecule has 11 nitrogen and oxygen atoms in total. The van der Waals surface area contributed by atoms with Gasteiger partial charge < -0.3 is 24.4 Å². The number of aliphatic hydroxyl groups is 1. The molecule has 6 rings (SSSR count). The lowest BCUT2D eigenvalue weighted by Crippen LogP contribution is -2.60. The van der Waals surface area contributed by atoms with Crippen LogP contribution in [0.1, 0.15) is 52.9 Å². The molecular weight excluding hydrogens is 550 g/mol. The average molecular weight is 592 g/mol. The first kappa shape index (κ1) is 29.5. The molecule has 11 heteroatoms. The second-order valence-electron chi connectivity index (χ2n) is 12.3. The van der Waals surface area contributed by atoms with Gasteiger partial charge in [0.25, 0.3) is 5.91 Å². The van der Waals surface area contributed by atoms with Gasteiger partial charge in [0, 0.05) is 6.54 Å². The summed E-state index contributed by atoms with van der Waals surface area (Å²) in [4.78, 5) is 46.5. The highest BCUT2D eigenvalue weighted by Crippen LogP contribution is 2.58. The second kappa shape index (κ2) is 11.5. The standard InChI is InChI=1S/C32H41N5O6/c1-4-21(3)24(19-38)37-27-29(40)35(20-36-23-14-9-8-13-22(23)33-34-36)17-12-16-32(27)25(28(37)39)26-30(41)42-18-11-7-6-10-15-31(26,5-2)43-32/h8-10,12-16,21,24-27,38H,4-7,11,17-20H2,1-3H3/b15-10-/t21-,24-,25-,26+,27?,31-,32-/m0/s1. The lowest BCUT2D eigenvalue weighted by atomic mass is 9.73. The number of hydrogen-bond donors (Lipinski definition) is 1. The number of carbonyl (C=O) groups is 3. The Morgan fingerprint density at radius 2 is 1.88 bits per heavy atom. The van der Waals surface area contributed by atoms with Gasteiger partial charge in [-0.2, -0.15) is 0 Å². The quantitative estimate of drug-likeness (QED) is 0.385. The summed E-state index contributed by atoms with van der Waals surface area (Å²) in [6, 6.07) is 5.80. The molecule has 1 aromatic carbocycles. The van der Waals surface area contributed by atoms with Crippen LogP contribution in [0.25, 0.3) is 11.0 Å². The van der Waals surface area contributed by atoms with E-state index in [1.54, 1.807) is 9.58 Å². The number of rotatable bonds is 7. The monoisotopic (exact) mass is 591 g/mol. The predicted octanol–water partition coefficient (Wildman–Crippen LogP) is 2.84. The van der Waals surface area contributed by atoms with Crippen molar-refractivity contribution in [1.29, 1.82) is 0 Å². The Morgan fingerprint density at radius 1 is 1.07 bits per heavy atom. The van der Waals surface area contributed by atoms with Crippen molar-refractivity contribution in [3.05, 3.63) is 48.6 Å². The number of cyclic esters (lactones) is 1. The normalized spacial score (nSPS) is 33.0. The molecule has 0 saturated carbocycles. The summed E-state index contributed by atoms with van der Waals surface area (Å²) in [5.41, 5.74) is -1.05. The van der Waals surface area contributed by atoms with Crippen LogP contribution in [0, 0.1) is 17.8 Å². The third kappa shape index (κ3) is 4.59. The van der Waals surface area contributed by atoms with Crippen molar-refractivity contribution in [2.75, 3.05) is 19.8 Å². The minimum atomic E-state index is -1.42. The van der Waals surface area contributed by atoms with Crippen molar-refractivity contribution < 1.29 is 29.0 Å². The highest BCUT2D eigenvalue weighted by atomic mass is 16.6. The Kier molecular flexibility index (Phi) is 7.89. The lowest BCUT2D eigenvalue weighted by Gasteiger charge is -2.42. The first-order valence-corrected chi connectivity index (χ1v) is 15.5. The van der Waals surface area contributed by atoms with Crippen molar-refractivity contribution in [3.63, 3.8) is 0 Å². The molecule has 2 aromatic rings. The zero-order valence-corrected chi connectivity index (χ0v) is 25.1. The van der Waals surface area contributed by atoms with Crippen molar-refractivity contribution in [3.8, 4) is 0 Å². The van der Waals surface area contributed by atoms with Crippen LogP contribution in [0.4, 0.5) is 0 Å². The molecule has 7 atom stereocenters. The Balaban J connectivity index is 1.48. The maximum atomic E-state index is 14.8. The summed E-state index contributed by atoms with van der Waals surface area (Å²) >= 11 is 0. The van der Waals surface area contributed by atoms with Gasteiger partial charge in [0.1, 0.15) is 35.3 Å². The van der Waals surface area contributed by atoms with E-state index < -0.39 is 41.1 Å². The number of nitrogens with zero attached hydrogens (tertiary/aromatic N) is 5. The molecule has 5 heterocycles. The van der Waals surface area contributed by atoms with Crippen LogP contribution >= 0.6 is 0 Å². The number of esters is 1. The van der Waals surface area contributed by atoms with Crippen LogP contribution < -0.4 is 0 Å². The Bertz CT molecular complexity index is 1450. The van der Waals surface area contributed by atoms with Crippen LogP contribution in [0.3, 0.4) is 0 Å². The minimum absolute atomic E-state index is 0.107. The van der Waals surface area contributed by atoms with Gasteiger partial charge in [0.2, 0.25) is 5.91 Å². The largest absolute Gasteiger partial charge is 0.465 e. The first-order chi connectivity index (χ1) is 20.8. The number of fused-ring (bicyclic) bond motifs is 3. The number of ether oxygens (including phenoxy) is 2. The molecule has 4 aliphatic rings. The predicted molar refractivity (Wildman–Crippen MR) is 157 cm³/mol. The summed E-state index contributed by atoms with van der Waals surface area (Å²) in [5.74, 6) is -3.20. The number of para-hydroxylation sites is 1. The fourth-order valence-corrected chi connectivity index (χ4v) is 7.51. The molecule has 0 bridgehead atoms. The van der Waals surface area contributed by atoms with E-state index in [-0.39, 0.29) is 44.2 Å². The fraction of sp³-hybridized carbons (Fsp3) is 0.594. The van der Waals surface area contributed by atoms with Crippen LogP contribution in [0.5, 0.6) is 0 Å². The molecule has 1 N–H and O–H groups in total.